The highest BCUT2D eigenvalue weighted by Gasteiger charge is 2.29. The van der Waals surface area contributed by atoms with Gasteiger partial charge in [0.1, 0.15) is 11.4 Å². The normalized spacial score (nSPS) is 18.0. The van der Waals surface area contributed by atoms with Crippen LogP contribution < -0.4 is 15.0 Å². The molecule has 1 N–H and O–H groups in total. The van der Waals surface area contributed by atoms with Gasteiger partial charge in [0.2, 0.25) is 0 Å². The van der Waals surface area contributed by atoms with Crippen molar-refractivity contribution in [1.29, 1.82) is 0 Å². The molecule has 3 aliphatic heterocycles. The van der Waals surface area contributed by atoms with E-state index in [-0.39, 0.29) is 6.09 Å². The first-order valence-electron chi connectivity index (χ1n) is 12.7. The number of ether oxygens (including phenoxy) is 3. The number of carbonyl (C=O) groups is 1. The Bertz CT molecular complexity index is 770. The summed E-state index contributed by atoms with van der Waals surface area (Å²) in [6.07, 6.45) is 3.48. The Labute approximate surface area is 211 Å². The molecule has 0 spiro atoms. The van der Waals surface area contributed by atoms with Crippen LogP contribution >= 0.6 is 0 Å². The highest BCUT2D eigenvalue weighted by molar-refractivity contribution is 5.68. The fourth-order valence-corrected chi connectivity index (χ4v) is 3.97. The number of hydrogen-bond acceptors (Lipinski definition) is 9. The van der Waals surface area contributed by atoms with Crippen molar-refractivity contribution in [3.8, 4) is 6.01 Å². The van der Waals surface area contributed by atoms with Crippen LogP contribution in [0.3, 0.4) is 0 Å². The van der Waals surface area contributed by atoms with Gasteiger partial charge in [-0.2, -0.15) is 9.97 Å². The first-order chi connectivity index (χ1) is 16.7. The summed E-state index contributed by atoms with van der Waals surface area (Å²) in [5, 5.41) is 3.33. The molecule has 2 saturated heterocycles. The maximum Gasteiger partial charge on any atom is 0.410 e. The van der Waals surface area contributed by atoms with Crippen LogP contribution in [0, 0.1) is 0 Å². The van der Waals surface area contributed by atoms with Gasteiger partial charge in [0, 0.05) is 52.0 Å². The van der Waals surface area contributed by atoms with Crippen molar-refractivity contribution in [2.75, 3.05) is 78.6 Å². The van der Waals surface area contributed by atoms with Crippen LogP contribution in [0.25, 0.3) is 0 Å². The molecule has 1 amide bonds. The van der Waals surface area contributed by atoms with Gasteiger partial charge in [-0.3, -0.25) is 0 Å². The van der Waals surface area contributed by atoms with Crippen LogP contribution in [0.1, 0.15) is 51.8 Å². The number of aromatic nitrogens is 2. The molecule has 4 heterocycles. The number of anilines is 1. The summed E-state index contributed by atoms with van der Waals surface area (Å²) in [6, 6.07) is 0.395. The third-order valence-electron chi connectivity index (χ3n) is 5.93. The van der Waals surface area contributed by atoms with Gasteiger partial charge in [0.25, 0.3) is 0 Å². The van der Waals surface area contributed by atoms with Crippen molar-refractivity contribution in [3.05, 3.63) is 11.3 Å². The number of methoxy groups -OCH3 is 2. The summed E-state index contributed by atoms with van der Waals surface area (Å²) in [5.41, 5.74) is 1.72. The van der Waals surface area contributed by atoms with Crippen LogP contribution in [0.5, 0.6) is 6.01 Å². The second-order valence-corrected chi connectivity index (χ2v) is 9.93. The van der Waals surface area contributed by atoms with Crippen molar-refractivity contribution < 1.29 is 19.0 Å². The molecular weight excluding hydrogens is 448 g/mol. The molecule has 0 aliphatic carbocycles. The molecule has 2 fully saturated rings. The van der Waals surface area contributed by atoms with Crippen LogP contribution in [0.4, 0.5) is 10.6 Å². The molecule has 10 heteroatoms. The molecule has 0 unspecified atom stereocenters. The van der Waals surface area contributed by atoms with Gasteiger partial charge in [0.15, 0.2) is 0 Å². The Balaban J connectivity index is 0.000000360. The van der Waals surface area contributed by atoms with E-state index in [0.29, 0.717) is 19.1 Å². The Kier molecular flexibility index (Phi) is 12.0. The maximum absolute atomic E-state index is 12.2. The van der Waals surface area contributed by atoms with Crippen molar-refractivity contribution in [3.63, 3.8) is 0 Å². The SMILES string of the molecule is CCOC.CN1CCCC1.COc1nc2c(c(N3CCN(C(=O)OC(C)(C)C)CC3)n1)CCNC2. The van der Waals surface area contributed by atoms with E-state index in [1.54, 1.807) is 19.1 Å². The number of piperazine rings is 1. The smallest absolute Gasteiger partial charge is 0.410 e. The quantitative estimate of drug-likeness (QED) is 0.680. The summed E-state index contributed by atoms with van der Waals surface area (Å²) in [7, 11) is 5.44. The van der Waals surface area contributed by atoms with E-state index in [9.17, 15) is 4.79 Å². The minimum atomic E-state index is -0.472. The zero-order valence-electron chi connectivity index (χ0n) is 22.9. The summed E-state index contributed by atoms with van der Waals surface area (Å²) in [4.78, 5) is 27.6. The van der Waals surface area contributed by atoms with Gasteiger partial charge >= 0.3 is 12.1 Å². The van der Waals surface area contributed by atoms with E-state index in [0.717, 1.165) is 50.7 Å². The summed E-state index contributed by atoms with van der Waals surface area (Å²) in [5.74, 6) is 0.937. The molecule has 0 aromatic carbocycles. The average molecular weight is 495 g/mol. The fourth-order valence-electron chi connectivity index (χ4n) is 3.97. The number of hydrogen-bond donors (Lipinski definition) is 1. The molecule has 4 rings (SSSR count). The van der Waals surface area contributed by atoms with Crippen LogP contribution in [-0.4, -0.2) is 105 Å². The predicted octanol–water partition coefficient (Wildman–Crippen LogP) is 2.55. The molecule has 1 aromatic rings. The molecule has 0 saturated carbocycles. The Morgan fingerprint density at radius 1 is 1.03 bits per heavy atom. The van der Waals surface area contributed by atoms with Crippen molar-refractivity contribution in [2.45, 2.75) is 59.1 Å². The van der Waals surface area contributed by atoms with E-state index >= 15 is 0 Å². The number of amides is 1. The van der Waals surface area contributed by atoms with E-state index in [1.807, 2.05) is 27.7 Å². The average Bonchev–Trinajstić information content (AvgIpc) is 3.33. The molecular formula is C25H46N6O4. The summed E-state index contributed by atoms with van der Waals surface area (Å²) in [6.45, 7) is 15.4. The Morgan fingerprint density at radius 3 is 2.14 bits per heavy atom. The molecule has 200 valence electrons. The zero-order valence-corrected chi connectivity index (χ0v) is 22.9. The van der Waals surface area contributed by atoms with Gasteiger partial charge < -0.3 is 34.2 Å². The number of fused-ring (bicyclic) bond motifs is 1. The highest BCUT2D eigenvalue weighted by atomic mass is 16.6. The lowest BCUT2D eigenvalue weighted by molar-refractivity contribution is 0.0240. The lowest BCUT2D eigenvalue weighted by Gasteiger charge is -2.37. The largest absolute Gasteiger partial charge is 0.467 e. The molecule has 0 bridgehead atoms. The first-order valence-corrected chi connectivity index (χ1v) is 12.7. The number of likely N-dealkylation sites (tertiary alicyclic amines) is 1. The molecule has 0 atom stereocenters. The minimum Gasteiger partial charge on any atom is -0.467 e. The van der Waals surface area contributed by atoms with E-state index in [4.69, 9.17) is 9.47 Å². The Morgan fingerprint density at radius 2 is 1.66 bits per heavy atom. The second-order valence-electron chi connectivity index (χ2n) is 9.93. The van der Waals surface area contributed by atoms with E-state index < -0.39 is 5.60 Å². The fraction of sp³-hybridized carbons (Fsp3) is 0.800. The lowest BCUT2D eigenvalue weighted by atomic mass is 10.1. The number of carbonyl (C=O) groups excluding carboxylic acids is 1. The van der Waals surface area contributed by atoms with Gasteiger partial charge in [-0.05, 0) is 73.6 Å². The first kappa shape index (κ1) is 29.1. The predicted molar refractivity (Wildman–Crippen MR) is 138 cm³/mol. The molecule has 10 nitrogen and oxygen atoms in total. The van der Waals surface area contributed by atoms with Gasteiger partial charge in [-0.1, -0.05) is 0 Å². The van der Waals surface area contributed by atoms with Crippen LogP contribution in [-0.2, 0) is 22.4 Å². The van der Waals surface area contributed by atoms with Crippen molar-refractivity contribution >= 4 is 11.9 Å². The van der Waals surface area contributed by atoms with Crippen LogP contribution in [0.15, 0.2) is 0 Å². The topological polar surface area (TPSA) is 92.3 Å². The van der Waals surface area contributed by atoms with Gasteiger partial charge in [0.05, 0.1) is 12.8 Å². The highest BCUT2D eigenvalue weighted by Crippen LogP contribution is 2.27. The maximum atomic E-state index is 12.2. The molecule has 1 aromatic heterocycles. The van der Waals surface area contributed by atoms with Gasteiger partial charge in [-0.25, -0.2) is 4.79 Å². The van der Waals surface area contributed by atoms with Gasteiger partial charge in [-0.15, -0.1) is 0 Å². The van der Waals surface area contributed by atoms with Crippen LogP contribution in [0.2, 0.25) is 0 Å². The Hall–Kier alpha value is -2.17. The molecule has 0 radical (unpaired) electrons. The minimum absolute atomic E-state index is 0.251. The monoisotopic (exact) mass is 494 g/mol. The number of rotatable bonds is 3. The molecule has 3 aliphatic rings. The number of nitrogens with one attached hydrogen (secondary N) is 1. The standard InChI is InChI=1S/C17H27N5O3.C5H11N.C3H8O/c1-17(2,3)25-16(23)22-9-7-21(8-10-22)14-12-5-6-18-11-13(12)19-15(20-14)24-4;1-6-4-2-3-5-6;1-3-4-2/h18H,5-11H2,1-4H3;2-5H2,1H3;3H2,1-2H3. The zero-order chi connectivity index (χ0) is 25.8. The lowest BCUT2D eigenvalue weighted by Crippen LogP contribution is -2.50. The third-order valence-corrected chi connectivity index (χ3v) is 5.93. The number of nitrogens with zero attached hydrogens (tertiary/aromatic N) is 5. The summed E-state index contributed by atoms with van der Waals surface area (Å²) >= 11 is 0. The van der Waals surface area contributed by atoms with E-state index in [2.05, 4.69) is 36.9 Å². The summed E-state index contributed by atoms with van der Waals surface area (Å²) < 4.78 is 15.3. The van der Waals surface area contributed by atoms with Crippen molar-refractivity contribution in [1.82, 2.24) is 25.1 Å². The molecule has 35 heavy (non-hydrogen) atoms. The third kappa shape index (κ3) is 9.77. The van der Waals surface area contributed by atoms with Crippen molar-refractivity contribution in [2.24, 2.45) is 0 Å². The van der Waals surface area contributed by atoms with E-state index in [1.165, 1.54) is 31.5 Å². The second kappa shape index (κ2) is 14.4.